The number of amides is 2. The highest BCUT2D eigenvalue weighted by atomic mass is 79.9. The van der Waals surface area contributed by atoms with Gasteiger partial charge in [0, 0.05) is 32.7 Å². The van der Waals surface area contributed by atoms with Crippen molar-refractivity contribution in [3.63, 3.8) is 0 Å². The Labute approximate surface area is 159 Å². The topological polar surface area (TPSA) is 84.2 Å². The standard InChI is InChI=1S/C20H16BrN3O2/c21-15-8-4-13(5-9-15)19(25)23-17-10-6-14(7-11-17)20(26)24-18-3-1-2-16(22)12-18/h1-12H,22H2,(H,23,25)(H,24,26). The number of anilines is 3. The average molecular weight is 410 g/mol. The van der Waals surface area contributed by atoms with Crippen LogP contribution < -0.4 is 16.4 Å². The number of carbonyl (C=O) groups is 2. The Balaban J connectivity index is 1.65. The van der Waals surface area contributed by atoms with Crippen molar-refractivity contribution < 1.29 is 9.59 Å². The van der Waals surface area contributed by atoms with Gasteiger partial charge in [-0.3, -0.25) is 9.59 Å². The van der Waals surface area contributed by atoms with Crippen LogP contribution in [0.4, 0.5) is 17.1 Å². The lowest BCUT2D eigenvalue weighted by Crippen LogP contribution is -2.13. The van der Waals surface area contributed by atoms with Crippen LogP contribution >= 0.6 is 15.9 Å². The molecule has 130 valence electrons. The van der Waals surface area contributed by atoms with E-state index in [1.54, 1.807) is 72.8 Å². The summed E-state index contributed by atoms with van der Waals surface area (Å²) in [6.07, 6.45) is 0. The molecule has 0 radical (unpaired) electrons. The fourth-order valence-electron chi connectivity index (χ4n) is 2.33. The van der Waals surface area contributed by atoms with E-state index in [2.05, 4.69) is 26.6 Å². The summed E-state index contributed by atoms with van der Waals surface area (Å²) in [7, 11) is 0. The number of nitrogens with two attached hydrogens (primary N) is 1. The van der Waals surface area contributed by atoms with Crippen molar-refractivity contribution in [1.29, 1.82) is 0 Å². The van der Waals surface area contributed by atoms with E-state index in [1.165, 1.54) is 0 Å². The Morgan fingerprint density at radius 3 is 1.85 bits per heavy atom. The van der Waals surface area contributed by atoms with Crippen LogP contribution in [-0.4, -0.2) is 11.8 Å². The predicted octanol–water partition coefficient (Wildman–Crippen LogP) is 4.54. The first-order valence-corrected chi connectivity index (χ1v) is 8.64. The van der Waals surface area contributed by atoms with Gasteiger partial charge >= 0.3 is 0 Å². The predicted molar refractivity (Wildman–Crippen MR) is 107 cm³/mol. The second-order valence-corrected chi connectivity index (χ2v) is 6.53. The van der Waals surface area contributed by atoms with Crippen molar-refractivity contribution in [2.24, 2.45) is 0 Å². The Hall–Kier alpha value is -3.12. The van der Waals surface area contributed by atoms with E-state index in [9.17, 15) is 9.59 Å². The number of carbonyl (C=O) groups excluding carboxylic acids is 2. The highest BCUT2D eigenvalue weighted by molar-refractivity contribution is 9.10. The molecule has 0 aliphatic rings. The van der Waals surface area contributed by atoms with Gasteiger partial charge in [-0.1, -0.05) is 22.0 Å². The molecule has 0 unspecified atom stereocenters. The third-order valence-electron chi connectivity index (χ3n) is 3.66. The van der Waals surface area contributed by atoms with Gasteiger partial charge < -0.3 is 16.4 Å². The first-order valence-electron chi connectivity index (χ1n) is 7.85. The summed E-state index contributed by atoms with van der Waals surface area (Å²) in [5.74, 6) is -0.462. The Morgan fingerprint density at radius 1 is 0.731 bits per heavy atom. The molecular formula is C20H16BrN3O2. The molecule has 0 saturated carbocycles. The molecule has 2 amide bonds. The van der Waals surface area contributed by atoms with Gasteiger partial charge in [-0.15, -0.1) is 0 Å². The number of hydrogen-bond donors (Lipinski definition) is 3. The normalized spacial score (nSPS) is 10.2. The Kier molecular flexibility index (Phi) is 5.34. The minimum absolute atomic E-state index is 0.213. The van der Waals surface area contributed by atoms with Gasteiger partial charge in [0.25, 0.3) is 11.8 Å². The minimum Gasteiger partial charge on any atom is -0.399 e. The fraction of sp³-hybridized carbons (Fsp3) is 0. The molecule has 26 heavy (non-hydrogen) atoms. The molecule has 0 heterocycles. The molecule has 6 heteroatoms. The van der Waals surface area contributed by atoms with E-state index in [4.69, 9.17) is 5.73 Å². The summed E-state index contributed by atoms with van der Waals surface area (Å²) in [5.41, 5.74) is 8.55. The number of benzene rings is 3. The van der Waals surface area contributed by atoms with E-state index in [-0.39, 0.29) is 11.8 Å². The number of nitrogens with one attached hydrogen (secondary N) is 2. The third-order valence-corrected chi connectivity index (χ3v) is 4.18. The van der Waals surface area contributed by atoms with E-state index in [0.29, 0.717) is 28.2 Å². The van der Waals surface area contributed by atoms with Crippen LogP contribution in [0.3, 0.4) is 0 Å². The summed E-state index contributed by atoms with van der Waals surface area (Å²) in [4.78, 5) is 24.5. The zero-order chi connectivity index (χ0) is 18.5. The van der Waals surface area contributed by atoms with Gasteiger partial charge in [0.2, 0.25) is 0 Å². The van der Waals surface area contributed by atoms with Crippen LogP contribution in [0.15, 0.2) is 77.3 Å². The van der Waals surface area contributed by atoms with Crippen molar-refractivity contribution in [3.8, 4) is 0 Å². The smallest absolute Gasteiger partial charge is 0.255 e. The molecule has 5 nitrogen and oxygen atoms in total. The fourth-order valence-corrected chi connectivity index (χ4v) is 2.59. The summed E-state index contributed by atoms with van der Waals surface area (Å²) in [6, 6.07) is 20.7. The summed E-state index contributed by atoms with van der Waals surface area (Å²) in [5, 5.41) is 5.58. The van der Waals surface area contributed by atoms with Crippen molar-refractivity contribution in [3.05, 3.63) is 88.4 Å². The average Bonchev–Trinajstić information content (AvgIpc) is 2.63. The SMILES string of the molecule is Nc1cccc(NC(=O)c2ccc(NC(=O)c3ccc(Br)cc3)cc2)c1. The first-order chi connectivity index (χ1) is 12.5. The van der Waals surface area contributed by atoms with Crippen molar-refractivity contribution >= 4 is 44.8 Å². The van der Waals surface area contributed by atoms with Crippen LogP contribution in [0.5, 0.6) is 0 Å². The molecule has 0 saturated heterocycles. The van der Waals surface area contributed by atoms with Crippen LogP contribution in [0.2, 0.25) is 0 Å². The van der Waals surface area contributed by atoms with Crippen LogP contribution in [0.25, 0.3) is 0 Å². The van der Waals surface area contributed by atoms with Gasteiger partial charge in [0.05, 0.1) is 0 Å². The molecule has 3 aromatic rings. The number of halogens is 1. The van der Waals surface area contributed by atoms with E-state index in [0.717, 1.165) is 4.47 Å². The summed E-state index contributed by atoms with van der Waals surface area (Å²) in [6.45, 7) is 0. The van der Waals surface area contributed by atoms with E-state index < -0.39 is 0 Å². The zero-order valence-corrected chi connectivity index (χ0v) is 15.3. The molecule has 0 bridgehead atoms. The minimum atomic E-state index is -0.249. The summed E-state index contributed by atoms with van der Waals surface area (Å²) >= 11 is 3.33. The van der Waals surface area contributed by atoms with E-state index >= 15 is 0 Å². The van der Waals surface area contributed by atoms with Gasteiger partial charge in [0.15, 0.2) is 0 Å². The molecule has 0 fully saturated rings. The van der Waals surface area contributed by atoms with Crippen LogP contribution in [0.1, 0.15) is 20.7 Å². The Bertz CT molecular complexity index is 938. The van der Waals surface area contributed by atoms with Gasteiger partial charge in [-0.05, 0) is 66.7 Å². The van der Waals surface area contributed by atoms with E-state index in [1.807, 2.05) is 0 Å². The van der Waals surface area contributed by atoms with Crippen LogP contribution in [-0.2, 0) is 0 Å². The molecular weight excluding hydrogens is 394 g/mol. The largest absolute Gasteiger partial charge is 0.399 e. The van der Waals surface area contributed by atoms with Gasteiger partial charge in [-0.2, -0.15) is 0 Å². The molecule has 0 aliphatic carbocycles. The lowest BCUT2D eigenvalue weighted by Gasteiger charge is -2.08. The maximum Gasteiger partial charge on any atom is 0.255 e. The molecule has 3 aromatic carbocycles. The molecule has 0 atom stereocenters. The van der Waals surface area contributed by atoms with Crippen molar-refractivity contribution in [2.45, 2.75) is 0 Å². The van der Waals surface area contributed by atoms with Gasteiger partial charge in [-0.25, -0.2) is 0 Å². The van der Waals surface area contributed by atoms with Crippen molar-refractivity contribution in [2.75, 3.05) is 16.4 Å². The monoisotopic (exact) mass is 409 g/mol. The molecule has 0 spiro atoms. The second kappa shape index (κ2) is 7.84. The summed E-state index contributed by atoms with van der Waals surface area (Å²) < 4.78 is 0.907. The lowest BCUT2D eigenvalue weighted by atomic mass is 10.1. The lowest BCUT2D eigenvalue weighted by molar-refractivity contribution is 0.102. The highest BCUT2D eigenvalue weighted by Crippen LogP contribution is 2.16. The number of nitrogen functional groups attached to an aromatic ring is 1. The zero-order valence-electron chi connectivity index (χ0n) is 13.7. The quantitative estimate of drug-likeness (QED) is 0.553. The molecule has 0 aliphatic heterocycles. The molecule has 0 aromatic heterocycles. The van der Waals surface area contributed by atoms with Gasteiger partial charge in [0.1, 0.15) is 0 Å². The number of hydrogen-bond acceptors (Lipinski definition) is 3. The maximum atomic E-state index is 12.3. The molecule has 4 N–H and O–H groups in total. The maximum absolute atomic E-state index is 12.3. The number of rotatable bonds is 4. The second-order valence-electron chi connectivity index (χ2n) is 5.62. The first kappa shape index (κ1) is 17.7. The van der Waals surface area contributed by atoms with Crippen molar-refractivity contribution in [1.82, 2.24) is 0 Å². The molecule has 3 rings (SSSR count). The highest BCUT2D eigenvalue weighted by Gasteiger charge is 2.09. The van der Waals surface area contributed by atoms with Crippen LogP contribution in [0, 0.1) is 0 Å². The Morgan fingerprint density at radius 2 is 1.27 bits per heavy atom. The third kappa shape index (κ3) is 4.49.